The normalized spacial score (nSPS) is 20.8. The van der Waals surface area contributed by atoms with E-state index in [9.17, 15) is 14.4 Å². The maximum atomic E-state index is 13.5. The Balaban J connectivity index is 1.12. The summed E-state index contributed by atoms with van der Waals surface area (Å²) >= 11 is 0. The number of rotatable bonds is 12. The van der Waals surface area contributed by atoms with Gasteiger partial charge in [0.15, 0.2) is 17.3 Å². The van der Waals surface area contributed by atoms with E-state index >= 15 is 0 Å². The fraction of sp³-hybridized carbons (Fsp3) is 0.429. The van der Waals surface area contributed by atoms with Gasteiger partial charge < -0.3 is 35.5 Å². The molecule has 0 spiro atoms. The Kier molecular flexibility index (Phi) is 9.88. The number of amides is 2. The Morgan fingerprint density at radius 1 is 0.979 bits per heavy atom. The molecule has 1 aromatic heterocycles. The number of aromatic nitrogens is 1. The second-order valence-corrected chi connectivity index (χ2v) is 12.3. The lowest BCUT2D eigenvalue weighted by molar-refractivity contribution is 0.0321. The van der Waals surface area contributed by atoms with Gasteiger partial charge in [0.1, 0.15) is 12.4 Å². The van der Waals surface area contributed by atoms with Gasteiger partial charge in [0.25, 0.3) is 11.8 Å². The minimum Gasteiger partial charge on any atom is -0.493 e. The fourth-order valence-electron chi connectivity index (χ4n) is 6.82. The number of fused-ring (bicyclic) bond motifs is 2. The zero-order valence-corrected chi connectivity index (χ0v) is 26.9. The Hall–Kier alpha value is -4.68. The number of morpholine rings is 1. The summed E-state index contributed by atoms with van der Waals surface area (Å²) in [6.45, 7) is 5.96. The second-order valence-electron chi connectivity index (χ2n) is 12.3. The highest BCUT2D eigenvalue weighted by Crippen LogP contribution is 2.39. The molecule has 2 aromatic carbocycles. The van der Waals surface area contributed by atoms with Gasteiger partial charge in [-0.15, -0.1) is 0 Å². The predicted octanol–water partition coefficient (Wildman–Crippen LogP) is 3.78. The van der Waals surface area contributed by atoms with Crippen molar-refractivity contribution in [2.75, 3.05) is 56.8 Å². The van der Waals surface area contributed by atoms with Crippen molar-refractivity contribution in [3.63, 3.8) is 0 Å². The van der Waals surface area contributed by atoms with Crippen molar-refractivity contribution < 1.29 is 28.6 Å². The van der Waals surface area contributed by atoms with E-state index in [0.717, 1.165) is 64.3 Å². The summed E-state index contributed by atoms with van der Waals surface area (Å²) in [6, 6.07) is 14.5. The summed E-state index contributed by atoms with van der Waals surface area (Å²) < 4.78 is 17.0. The van der Waals surface area contributed by atoms with Crippen LogP contribution in [0.3, 0.4) is 0 Å². The molecule has 3 fully saturated rings. The molecule has 12 nitrogen and oxygen atoms in total. The van der Waals surface area contributed by atoms with Gasteiger partial charge in [-0.2, -0.15) is 0 Å². The van der Waals surface area contributed by atoms with Gasteiger partial charge in [0.05, 0.1) is 31.6 Å². The van der Waals surface area contributed by atoms with E-state index in [4.69, 9.17) is 19.9 Å². The molecule has 12 heteroatoms. The van der Waals surface area contributed by atoms with Gasteiger partial charge in [0.2, 0.25) is 0 Å². The molecule has 0 saturated carbocycles. The Morgan fingerprint density at radius 3 is 2.38 bits per heavy atom. The molecule has 2 bridgehead atoms. The molecule has 3 aliphatic rings. The van der Waals surface area contributed by atoms with Crippen LogP contribution in [0, 0.1) is 0 Å². The number of ether oxygens (including phenoxy) is 3. The molecule has 0 radical (unpaired) electrons. The first kappa shape index (κ1) is 32.3. The van der Waals surface area contributed by atoms with Crippen LogP contribution in [0.15, 0.2) is 54.7 Å². The number of carbonyl (C=O) groups excluding carboxylic acids is 3. The largest absolute Gasteiger partial charge is 0.493 e. The van der Waals surface area contributed by atoms with Gasteiger partial charge in [-0.05, 0) is 75.1 Å². The van der Waals surface area contributed by atoms with Crippen molar-refractivity contribution in [2.45, 2.75) is 50.7 Å². The molecular formula is C35H42N6O6. The predicted molar refractivity (Wildman–Crippen MR) is 178 cm³/mol. The molecule has 3 aliphatic heterocycles. The number of ketones is 1. The lowest BCUT2D eigenvalue weighted by Gasteiger charge is -2.40. The molecule has 1 unspecified atom stereocenters. The van der Waals surface area contributed by atoms with Crippen LogP contribution >= 0.6 is 0 Å². The third kappa shape index (κ3) is 7.50. The third-order valence-electron chi connectivity index (χ3n) is 9.25. The molecule has 6 rings (SSSR count). The summed E-state index contributed by atoms with van der Waals surface area (Å²) in [6.07, 6.45) is 5.27. The van der Waals surface area contributed by atoms with E-state index in [-0.39, 0.29) is 35.4 Å². The van der Waals surface area contributed by atoms with Crippen LogP contribution in [0.25, 0.3) is 0 Å². The van der Waals surface area contributed by atoms with Crippen molar-refractivity contribution in [2.24, 2.45) is 5.73 Å². The summed E-state index contributed by atoms with van der Waals surface area (Å²) in [5, 5.41) is 6.49. The molecule has 248 valence electrons. The van der Waals surface area contributed by atoms with Gasteiger partial charge in [-0.1, -0.05) is 0 Å². The van der Waals surface area contributed by atoms with Crippen molar-refractivity contribution in [3.05, 3.63) is 71.4 Å². The van der Waals surface area contributed by atoms with Crippen LogP contribution in [-0.4, -0.2) is 92.2 Å². The maximum Gasteiger partial charge on any atom is 0.251 e. The van der Waals surface area contributed by atoms with Crippen molar-refractivity contribution >= 4 is 34.8 Å². The van der Waals surface area contributed by atoms with Gasteiger partial charge in [0, 0.05) is 66.8 Å². The topological polar surface area (TPSA) is 148 Å². The molecule has 2 amide bonds. The molecule has 4 N–H and O–H groups in total. The van der Waals surface area contributed by atoms with E-state index in [2.05, 4.69) is 25.4 Å². The second kappa shape index (κ2) is 14.4. The highest BCUT2D eigenvalue weighted by atomic mass is 16.5. The first-order valence-electron chi connectivity index (χ1n) is 16.2. The number of anilines is 3. The molecule has 4 heterocycles. The van der Waals surface area contributed by atoms with E-state index in [1.807, 2.05) is 24.3 Å². The quantitative estimate of drug-likeness (QED) is 0.249. The number of methoxy groups -OCH3 is 1. The molecule has 3 aromatic rings. The average Bonchev–Trinajstić information content (AvgIpc) is 3.34. The fourth-order valence-corrected chi connectivity index (χ4v) is 6.82. The number of nitrogens with two attached hydrogens (primary N) is 1. The van der Waals surface area contributed by atoms with Crippen LogP contribution in [0.2, 0.25) is 0 Å². The number of nitrogens with zero attached hydrogens (tertiary/aromatic N) is 3. The lowest BCUT2D eigenvalue weighted by atomic mass is 9.96. The lowest BCUT2D eigenvalue weighted by Crippen LogP contribution is -2.50. The Bertz CT molecular complexity index is 1590. The number of hydrogen-bond donors (Lipinski definition) is 3. The zero-order chi connectivity index (χ0) is 32.9. The third-order valence-corrected chi connectivity index (χ3v) is 9.25. The number of hydrogen-bond acceptors (Lipinski definition) is 10. The number of pyridine rings is 1. The first-order valence-corrected chi connectivity index (χ1v) is 16.2. The molecule has 0 aliphatic carbocycles. The SMILES string of the molecule is COc1ccc(Nc2cc(C(=O)NC3C[C@H]4CC[C@@H](C3)N4c3ccc(C(C)=O)cn3)ccc2C(N)=O)cc1OCCN1CCOCC1. The van der Waals surface area contributed by atoms with Gasteiger partial charge >= 0.3 is 0 Å². The molecule has 47 heavy (non-hydrogen) atoms. The van der Waals surface area contributed by atoms with Crippen LogP contribution < -0.4 is 30.7 Å². The number of Topliss-reactive ketones (excluding diaryl/α,β-unsaturated/α-hetero) is 1. The Labute approximate surface area is 274 Å². The molecule has 3 saturated heterocycles. The van der Waals surface area contributed by atoms with Gasteiger partial charge in [-0.25, -0.2) is 4.98 Å². The van der Waals surface area contributed by atoms with Crippen molar-refractivity contribution in [3.8, 4) is 11.5 Å². The number of benzene rings is 2. The highest BCUT2D eigenvalue weighted by Gasteiger charge is 2.41. The summed E-state index contributed by atoms with van der Waals surface area (Å²) in [5.41, 5.74) is 8.07. The van der Waals surface area contributed by atoms with Crippen molar-refractivity contribution in [1.29, 1.82) is 0 Å². The van der Waals surface area contributed by atoms with Crippen LogP contribution in [0.1, 0.15) is 63.7 Å². The van der Waals surface area contributed by atoms with E-state index < -0.39 is 5.91 Å². The van der Waals surface area contributed by atoms with E-state index in [1.54, 1.807) is 37.6 Å². The summed E-state index contributed by atoms with van der Waals surface area (Å²) in [5.74, 6) is 1.19. The average molecular weight is 643 g/mol. The monoisotopic (exact) mass is 642 g/mol. The Morgan fingerprint density at radius 2 is 1.72 bits per heavy atom. The zero-order valence-electron chi connectivity index (χ0n) is 26.9. The molecular weight excluding hydrogens is 600 g/mol. The van der Waals surface area contributed by atoms with E-state index in [1.165, 1.54) is 6.92 Å². The number of nitrogens with one attached hydrogen (secondary N) is 2. The van der Waals surface area contributed by atoms with Crippen LogP contribution in [0.4, 0.5) is 17.2 Å². The highest BCUT2D eigenvalue weighted by molar-refractivity contribution is 6.02. The molecule has 3 atom stereocenters. The smallest absolute Gasteiger partial charge is 0.251 e. The maximum absolute atomic E-state index is 13.5. The minimum absolute atomic E-state index is 0.00118. The van der Waals surface area contributed by atoms with Crippen LogP contribution in [0.5, 0.6) is 11.5 Å². The van der Waals surface area contributed by atoms with E-state index in [0.29, 0.717) is 40.6 Å². The number of carbonyl (C=O) groups is 3. The summed E-state index contributed by atoms with van der Waals surface area (Å²) in [7, 11) is 1.59. The minimum atomic E-state index is -0.608. The number of primary amides is 1. The number of piperidine rings is 1. The van der Waals surface area contributed by atoms with Gasteiger partial charge in [-0.3, -0.25) is 19.3 Å². The summed E-state index contributed by atoms with van der Waals surface area (Å²) in [4.78, 5) is 46.7. The van der Waals surface area contributed by atoms with Crippen LogP contribution in [-0.2, 0) is 4.74 Å². The van der Waals surface area contributed by atoms with Crippen molar-refractivity contribution in [1.82, 2.24) is 15.2 Å². The first-order chi connectivity index (χ1) is 22.8. The standard InChI is InChI=1S/C35H42N6O6/c1-22(42)24-4-10-33(37-21-24)41-27-6-7-28(41)19-26(18-27)39-35(44)23-3-8-29(34(36)43)30(17-23)38-25-5-9-31(45-2)32(20-25)47-16-13-40-11-14-46-15-12-40/h3-5,8-10,17,20-21,26-28,38H,6-7,11-16,18-19H2,1-2H3,(H2,36,43)(H,39,44)/t26?,27-,28+.